The molecule has 0 saturated heterocycles. The van der Waals surface area contributed by atoms with E-state index in [-0.39, 0.29) is 0 Å². The van der Waals surface area contributed by atoms with Gasteiger partial charge in [-0.2, -0.15) is 0 Å². The van der Waals surface area contributed by atoms with Gasteiger partial charge in [0.05, 0.1) is 6.33 Å². The summed E-state index contributed by atoms with van der Waals surface area (Å²) in [6, 6.07) is 0.615. The Hall–Kier alpha value is -1.65. The molecule has 0 unspecified atom stereocenters. The molecule has 2 aromatic rings. The maximum atomic E-state index is 4.48. The molecule has 2 aliphatic carbocycles. The number of nitrogens with zero attached hydrogens (tertiary/aromatic N) is 4. The Bertz CT molecular complexity index is 568. The van der Waals surface area contributed by atoms with Gasteiger partial charge in [0.15, 0.2) is 11.5 Å². The number of fused-ring (bicyclic) bond motifs is 1. The van der Waals surface area contributed by atoms with Crippen LogP contribution in [0.2, 0.25) is 0 Å². The predicted molar refractivity (Wildman–Crippen MR) is 69.4 cm³/mol. The van der Waals surface area contributed by atoms with Crippen molar-refractivity contribution in [2.24, 2.45) is 5.92 Å². The highest BCUT2D eigenvalue weighted by molar-refractivity contribution is 5.82. The molecule has 0 atom stereocenters. The van der Waals surface area contributed by atoms with Crippen LogP contribution in [-0.4, -0.2) is 26.1 Å². The van der Waals surface area contributed by atoms with Gasteiger partial charge < -0.3 is 9.88 Å². The molecule has 2 aliphatic rings. The second kappa shape index (κ2) is 3.93. The third kappa shape index (κ3) is 1.65. The summed E-state index contributed by atoms with van der Waals surface area (Å²) in [6.07, 6.45) is 10.1. The van der Waals surface area contributed by atoms with Gasteiger partial charge in [-0.15, -0.1) is 0 Å². The Kier molecular flexibility index (Phi) is 2.25. The number of hydrogen-bond acceptors (Lipinski definition) is 4. The van der Waals surface area contributed by atoms with E-state index in [4.69, 9.17) is 0 Å². The molecule has 94 valence electrons. The monoisotopic (exact) mass is 243 g/mol. The number of nitrogens with one attached hydrogen (secondary N) is 1. The van der Waals surface area contributed by atoms with E-state index < -0.39 is 0 Å². The van der Waals surface area contributed by atoms with Gasteiger partial charge in [-0.25, -0.2) is 15.0 Å². The smallest absolute Gasteiger partial charge is 0.165 e. The molecule has 2 fully saturated rings. The van der Waals surface area contributed by atoms with Crippen LogP contribution in [0.25, 0.3) is 11.2 Å². The Morgan fingerprint density at radius 1 is 1.17 bits per heavy atom. The van der Waals surface area contributed by atoms with Crippen LogP contribution in [0.15, 0.2) is 12.7 Å². The minimum absolute atomic E-state index is 0.615. The summed E-state index contributed by atoms with van der Waals surface area (Å²) in [6.45, 7) is 1.02. The van der Waals surface area contributed by atoms with Gasteiger partial charge in [0, 0.05) is 12.6 Å². The van der Waals surface area contributed by atoms with E-state index >= 15 is 0 Å². The fraction of sp³-hybridized carbons (Fsp3) is 0.615. The lowest BCUT2D eigenvalue weighted by Crippen LogP contribution is -2.21. The SMILES string of the molecule is c1nc(NCC2CCC2)c2ncn(C3CC3)c2n1. The van der Waals surface area contributed by atoms with Crippen LogP contribution in [-0.2, 0) is 0 Å². The van der Waals surface area contributed by atoms with E-state index in [1.807, 2.05) is 6.33 Å². The van der Waals surface area contributed by atoms with Crippen molar-refractivity contribution in [2.75, 3.05) is 11.9 Å². The number of aromatic nitrogens is 4. The van der Waals surface area contributed by atoms with Crippen LogP contribution in [0, 0.1) is 5.92 Å². The largest absolute Gasteiger partial charge is 0.368 e. The molecular formula is C13H17N5. The lowest BCUT2D eigenvalue weighted by molar-refractivity contribution is 0.333. The van der Waals surface area contributed by atoms with Gasteiger partial charge >= 0.3 is 0 Å². The van der Waals surface area contributed by atoms with Crippen LogP contribution in [0.4, 0.5) is 5.82 Å². The molecule has 0 bridgehead atoms. The van der Waals surface area contributed by atoms with Crippen molar-refractivity contribution in [1.82, 2.24) is 19.5 Å². The molecule has 4 rings (SSSR count). The van der Waals surface area contributed by atoms with E-state index in [9.17, 15) is 0 Å². The standard InChI is InChI=1S/C13H17N5/c1-2-9(3-1)6-14-12-11-13(16-7-15-12)18(8-17-11)10-4-5-10/h7-10H,1-6H2,(H,14,15,16). The van der Waals surface area contributed by atoms with Crippen molar-refractivity contribution in [1.29, 1.82) is 0 Å². The Morgan fingerprint density at radius 2 is 2.06 bits per heavy atom. The zero-order chi connectivity index (χ0) is 11.9. The third-order valence-electron chi connectivity index (χ3n) is 4.08. The number of anilines is 1. The average Bonchev–Trinajstić information content (AvgIpc) is 3.07. The Labute approximate surface area is 106 Å². The van der Waals surface area contributed by atoms with Gasteiger partial charge in [0.1, 0.15) is 11.8 Å². The highest BCUT2D eigenvalue weighted by Gasteiger charge is 2.26. The minimum Gasteiger partial charge on any atom is -0.368 e. The summed E-state index contributed by atoms with van der Waals surface area (Å²) in [7, 11) is 0. The van der Waals surface area contributed by atoms with Gasteiger partial charge in [-0.1, -0.05) is 6.42 Å². The van der Waals surface area contributed by atoms with E-state index in [2.05, 4.69) is 24.8 Å². The molecule has 5 heteroatoms. The van der Waals surface area contributed by atoms with E-state index in [1.165, 1.54) is 32.1 Å². The summed E-state index contributed by atoms with van der Waals surface area (Å²) in [5, 5.41) is 3.44. The average molecular weight is 243 g/mol. The van der Waals surface area contributed by atoms with Crippen molar-refractivity contribution < 1.29 is 0 Å². The Balaban J connectivity index is 1.62. The number of imidazole rings is 1. The fourth-order valence-electron chi connectivity index (χ4n) is 2.54. The first-order valence-electron chi connectivity index (χ1n) is 6.83. The highest BCUT2D eigenvalue weighted by atomic mass is 15.2. The molecule has 0 amide bonds. The first kappa shape index (κ1) is 10.3. The molecular weight excluding hydrogens is 226 g/mol. The van der Waals surface area contributed by atoms with E-state index in [1.54, 1.807) is 6.33 Å². The van der Waals surface area contributed by atoms with Gasteiger partial charge in [0.25, 0.3) is 0 Å². The maximum Gasteiger partial charge on any atom is 0.165 e. The topological polar surface area (TPSA) is 55.6 Å². The van der Waals surface area contributed by atoms with Crippen molar-refractivity contribution in [2.45, 2.75) is 38.1 Å². The lowest BCUT2D eigenvalue weighted by atomic mass is 9.85. The van der Waals surface area contributed by atoms with Crippen LogP contribution in [0.5, 0.6) is 0 Å². The van der Waals surface area contributed by atoms with Crippen molar-refractivity contribution in [3.63, 3.8) is 0 Å². The number of rotatable bonds is 4. The molecule has 0 aliphatic heterocycles. The van der Waals surface area contributed by atoms with E-state index in [0.29, 0.717) is 6.04 Å². The molecule has 2 saturated carbocycles. The molecule has 1 N–H and O–H groups in total. The molecule has 2 heterocycles. The van der Waals surface area contributed by atoms with E-state index in [0.717, 1.165) is 29.4 Å². The minimum atomic E-state index is 0.615. The first-order valence-corrected chi connectivity index (χ1v) is 6.83. The zero-order valence-electron chi connectivity index (χ0n) is 10.3. The van der Waals surface area contributed by atoms with Crippen molar-refractivity contribution >= 4 is 17.0 Å². The van der Waals surface area contributed by atoms with Crippen molar-refractivity contribution in [3.8, 4) is 0 Å². The molecule has 18 heavy (non-hydrogen) atoms. The lowest BCUT2D eigenvalue weighted by Gasteiger charge is -2.25. The second-order valence-electron chi connectivity index (χ2n) is 5.46. The summed E-state index contributed by atoms with van der Waals surface area (Å²) >= 11 is 0. The quantitative estimate of drug-likeness (QED) is 0.895. The predicted octanol–water partition coefficient (Wildman–Crippen LogP) is 2.37. The molecule has 0 spiro atoms. The van der Waals surface area contributed by atoms with Crippen molar-refractivity contribution in [3.05, 3.63) is 12.7 Å². The third-order valence-corrected chi connectivity index (χ3v) is 4.08. The van der Waals surface area contributed by atoms with Crippen LogP contribution >= 0.6 is 0 Å². The van der Waals surface area contributed by atoms with Crippen LogP contribution < -0.4 is 5.32 Å². The van der Waals surface area contributed by atoms with Gasteiger partial charge in [-0.3, -0.25) is 0 Å². The van der Waals surface area contributed by atoms with Gasteiger partial charge in [0.2, 0.25) is 0 Å². The van der Waals surface area contributed by atoms with Gasteiger partial charge in [-0.05, 0) is 31.6 Å². The highest BCUT2D eigenvalue weighted by Crippen LogP contribution is 2.37. The fourth-order valence-corrected chi connectivity index (χ4v) is 2.54. The first-order chi connectivity index (χ1) is 8.92. The molecule has 5 nitrogen and oxygen atoms in total. The summed E-state index contributed by atoms with van der Waals surface area (Å²) in [5.74, 6) is 1.71. The molecule has 0 aromatic carbocycles. The summed E-state index contributed by atoms with van der Waals surface area (Å²) in [5.41, 5.74) is 1.90. The maximum absolute atomic E-state index is 4.48. The van der Waals surface area contributed by atoms with Crippen LogP contribution in [0.3, 0.4) is 0 Å². The molecule has 0 radical (unpaired) electrons. The Morgan fingerprint density at radius 3 is 2.78 bits per heavy atom. The normalized spacial score (nSPS) is 20.0. The summed E-state index contributed by atoms with van der Waals surface area (Å²) < 4.78 is 2.19. The second-order valence-corrected chi connectivity index (χ2v) is 5.46. The van der Waals surface area contributed by atoms with Crippen LogP contribution in [0.1, 0.15) is 38.1 Å². The zero-order valence-corrected chi connectivity index (χ0v) is 10.3. The number of hydrogen-bond donors (Lipinski definition) is 1. The summed E-state index contributed by atoms with van der Waals surface area (Å²) in [4.78, 5) is 13.2. The molecule has 2 aromatic heterocycles.